The Morgan fingerprint density at radius 2 is 1.88 bits per heavy atom. The molecule has 0 radical (unpaired) electrons. The zero-order valence-electron chi connectivity index (χ0n) is 13.9. The minimum absolute atomic E-state index is 0.493. The highest BCUT2D eigenvalue weighted by atomic mass is 16.5. The first-order valence-corrected chi connectivity index (χ1v) is 8.26. The number of benzene rings is 1. The van der Waals surface area contributed by atoms with Crippen molar-refractivity contribution in [3.63, 3.8) is 0 Å². The third kappa shape index (κ3) is 6.01. The number of pyridine rings is 1. The van der Waals surface area contributed by atoms with Crippen molar-refractivity contribution in [1.29, 1.82) is 0 Å². The van der Waals surface area contributed by atoms with E-state index in [1.165, 1.54) is 0 Å². The Hall–Kier alpha value is -2.40. The molecule has 5 heteroatoms. The third-order valence-corrected chi connectivity index (χ3v) is 3.78. The standard InChI is InChI=1S/C19H24N2O3/c1-2-3-4-18(19(22)23)21-13-15-5-7-17(8-6-15)24-14-16-9-11-20-12-10-16/h5-12,18,21H,2-4,13-14H2,1H3,(H,22,23)/t18-/m0/s1. The van der Waals surface area contributed by atoms with E-state index in [4.69, 9.17) is 4.74 Å². The van der Waals surface area contributed by atoms with Crippen LogP contribution >= 0.6 is 0 Å². The number of unbranched alkanes of at least 4 members (excludes halogenated alkanes) is 1. The molecule has 2 rings (SSSR count). The van der Waals surface area contributed by atoms with Crippen molar-refractivity contribution in [1.82, 2.24) is 10.3 Å². The van der Waals surface area contributed by atoms with E-state index in [0.29, 0.717) is 19.6 Å². The van der Waals surface area contributed by atoms with Crippen molar-refractivity contribution < 1.29 is 14.6 Å². The van der Waals surface area contributed by atoms with Crippen LogP contribution in [0.25, 0.3) is 0 Å². The second kappa shape index (κ2) is 9.67. The summed E-state index contributed by atoms with van der Waals surface area (Å²) in [6.45, 7) is 3.09. The number of carbonyl (C=O) groups is 1. The molecule has 0 aliphatic rings. The van der Waals surface area contributed by atoms with Crippen LogP contribution in [0.2, 0.25) is 0 Å². The number of aliphatic carboxylic acids is 1. The van der Waals surface area contributed by atoms with E-state index in [1.54, 1.807) is 12.4 Å². The molecule has 24 heavy (non-hydrogen) atoms. The molecule has 0 saturated heterocycles. The lowest BCUT2D eigenvalue weighted by atomic mass is 10.1. The molecular weight excluding hydrogens is 304 g/mol. The number of aromatic nitrogens is 1. The summed E-state index contributed by atoms with van der Waals surface area (Å²) < 4.78 is 5.72. The summed E-state index contributed by atoms with van der Waals surface area (Å²) in [5.74, 6) is -0.00270. The lowest BCUT2D eigenvalue weighted by Crippen LogP contribution is -2.36. The predicted octanol–water partition coefficient (Wildman–Crippen LogP) is 3.39. The van der Waals surface area contributed by atoms with E-state index in [-0.39, 0.29) is 0 Å². The van der Waals surface area contributed by atoms with E-state index < -0.39 is 12.0 Å². The van der Waals surface area contributed by atoms with E-state index >= 15 is 0 Å². The molecule has 0 spiro atoms. The van der Waals surface area contributed by atoms with Crippen molar-refractivity contribution in [3.8, 4) is 5.75 Å². The Morgan fingerprint density at radius 1 is 1.17 bits per heavy atom. The van der Waals surface area contributed by atoms with Crippen molar-refractivity contribution in [2.45, 2.75) is 45.4 Å². The molecule has 2 aromatic rings. The first kappa shape index (κ1) is 17.9. The second-order valence-electron chi connectivity index (χ2n) is 5.70. The van der Waals surface area contributed by atoms with Gasteiger partial charge in [-0.1, -0.05) is 31.9 Å². The Kier molecular flexibility index (Phi) is 7.23. The van der Waals surface area contributed by atoms with E-state index in [9.17, 15) is 9.90 Å². The minimum Gasteiger partial charge on any atom is -0.489 e. The maximum atomic E-state index is 11.2. The van der Waals surface area contributed by atoms with Crippen molar-refractivity contribution in [2.75, 3.05) is 0 Å². The van der Waals surface area contributed by atoms with Gasteiger partial charge in [-0.2, -0.15) is 0 Å². The zero-order valence-corrected chi connectivity index (χ0v) is 13.9. The molecule has 128 valence electrons. The Balaban J connectivity index is 1.81. The molecule has 5 nitrogen and oxygen atoms in total. The number of nitrogens with zero attached hydrogens (tertiary/aromatic N) is 1. The smallest absolute Gasteiger partial charge is 0.320 e. The Bertz CT molecular complexity index is 614. The summed E-state index contributed by atoms with van der Waals surface area (Å²) >= 11 is 0. The highest BCUT2D eigenvalue weighted by molar-refractivity contribution is 5.73. The average molecular weight is 328 g/mol. The molecule has 0 unspecified atom stereocenters. The van der Waals surface area contributed by atoms with Crippen molar-refractivity contribution in [3.05, 3.63) is 59.9 Å². The Labute approximate surface area is 142 Å². The van der Waals surface area contributed by atoms with Gasteiger partial charge in [0.15, 0.2) is 0 Å². The fourth-order valence-electron chi connectivity index (χ4n) is 2.31. The van der Waals surface area contributed by atoms with Gasteiger partial charge in [0, 0.05) is 18.9 Å². The van der Waals surface area contributed by atoms with Crippen LogP contribution in [-0.2, 0) is 17.9 Å². The molecule has 0 saturated carbocycles. The van der Waals surface area contributed by atoms with Gasteiger partial charge in [-0.3, -0.25) is 9.78 Å². The van der Waals surface area contributed by atoms with Gasteiger partial charge in [0.2, 0.25) is 0 Å². The van der Waals surface area contributed by atoms with Crippen molar-refractivity contribution >= 4 is 5.97 Å². The largest absolute Gasteiger partial charge is 0.489 e. The fraction of sp³-hybridized carbons (Fsp3) is 0.368. The zero-order chi connectivity index (χ0) is 17.2. The van der Waals surface area contributed by atoms with Gasteiger partial charge in [-0.05, 0) is 41.8 Å². The van der Waals surface area contributed by atoms with E-state index in [0.717, 1.165) is 29.7 Å². The van der Waals surface area contributed by atoms with Crippen LogP contribution in [0.3, 0.4) is 0 Å². The van der Waals surface area contributed by atoms with Crippen LogP contribution in [-0.4, -0.2) is 22.1 Å². The number of carboxylic acid groups (broad SMARTS) is 1. The molecule has 2 N–H and O–H groups in total. The lowest BCUT2D eigenvalue weighted by molar-refractivity contribution is -0.139. The summed E-state index contributed by atoms with van der Waals surface area (Å²) in [4.78, 5) is 15.2. The monoisotopic (exact) mass is 328 g/mol. The van der Waals surface area contributed by atoms with Gasteiger partial charge in [-0.15, -0.1) is 0 Å². The second-order valence-corrected chi connectivity index (χ2v) is 5.70. The highest BCUT2D eigenvalue weighted by Crippen LogP contribution is 2.14. The lowest BCUT2D eigenvalue weighted by Gasteiger charge is -2.14. The number of hydrogen-bond donors (Lipinski definition) is 2. The number of nitrogens with one attached hydrogen (secondary N) is 1. The summed E-state index contributed by atoms with van der Waals surface area (Å²) in [6, 6.07) is 11.1. The summed E-state index contributed by atoms with van der Waals surface area (Å²) in [5, 5.41) is 12.3. The number of carboxylic acids is 1. The minimum atomic E-state index is -0.791. The molecule has 0 bridgehead atoms. The molecule has 0 fully saturated rings. The van der Waals surface area contributed by atoms with Gasteiger partial charge in [-0.25, -0.2) is 0 Å². The van der Waals surface area contributed by atoms with Gasteiger partial charge < -0.3 is 15.2 Å². The molecule has 1 aromatic carbocycles. The normalized spacial score (nSPS) is 11.9. The van der Waals surface area contributed by atoms with Crippen LogP contribution < -0.4 is 10.1 Å². The fourth-order valence-corrected chi connectivity index (χ4v) is 2.31. The number of rotatable bonds is 10. The third-order valence-electron chi connectivity index (χ3n) is 3.78. The first-order chi connectivity index (χ1) is 11.7. The quantitative estimate of drug-likeness (QED) is 0.699. The molecular formula is C19H24N2O3. The average Bonchev–Trinajstić information content (AvgIpc) is 2.61. The SMILES string of the molecule is CCCC[C@H](NCc1ccc(OCc2ccncc2)cc1)C(=O)O. The Morgan fingerprint density at radius 3 is 2.50 bits per heavy atom. The van der Waals surface area contributed by atoms with Gasteiger partial charge >= 0.3 is 5.97 Å². The molecule has 1 heterocycles. The predicted molar refractivity (Wildman–Crippen MR) is 92.8 cm³/mol. The van der Waals surface area contributed by atoms with Crippen LogP contribution in [0.4, 0.5) is 0 Å². The van der Waals surface area contributed by atoms with Crippen LogP contribution in [0, 0.1) is 0 Å². The van der Waals surface area contributed by atoms with Crippen molar-refractivity contribution in [2.24, 2.45) is 0 Å². The summed E-state index contributed by atoms with van der Waals surface area (Å²) in [5.41, 5.74) is 2.10. The van der Waals surface area contributed by atoms with E-state index in [1.807, 2.05) is 36.4 Å². The first-order valence-electron chi connectivity index (χ1n) is 8.26. The van der Waals surface area contributed by atoms with Crippen LogP contribution in [0.5, 0.6) is 5.75 Å². The maximum absolute atomic E-state index is 11.2. The number of ether oxygens (including phenoxy) is 1. The van der Waals surface area contributed by atoms with Gasteiger partial charge in [0.25, 0.3) is 0 Å². The molecule has 0 amide bonds. The van der Waals surface area contributed by atoms with Gasteiger partial charge in [0.1, 0.15) is 18.4 Å². The van der Waals surface area contributed by atoms with Crippen LogP contribution in [0.15, 0.2) is 48.8 Å². The van der Waals surface area contributed by atoms with E-state index in [2.05, 4.69) is 17.2 Å². The molecule has 1 atom stereocenters. The highest BCUT2D eigenvalue weighted by Gasteiger charge is 2.15. The molecule has 1 aromatic heterocycles. The molecule has 0 aliphatic heterocycles. The summed E-state index contributed by atoms with van der Waals surface area (Å²) in [7, 11) is 0. The molecule has 0 aliphatic carbocycles. The topological polar surface area (TPSA) is 71.5 Å². The summed E-state index contributed by atoms with van der Waals surface area (Å²) in [6.07, 6.45) is 6.04. The maximum Gasteiger partial charge on any atom is 0.320 e. The van der Waals surface area contributed by atoms with Gasteiger partial charge in [0.05, 0.1) is 0 Å². The number of hydrogen-bond acceptors (Lipinski definition) is 4. The van der Waals surface area contributed by atoms with Crippen LogP contribution in [0.1, 0.15) is 37.3 Å².